The minimum absolute atomic E-state index is 1.11. The zero-order valence-corrected chi connectivity index (χ0v) is 30.8. The van der Waals surface area contributed by atoms with Crippen molar-refractivity contribution >= 4 is 38.9 Å². The molecule has 0 aliphatic rings. The van der Waals surface area contributed by atoms with Gasteiger partial charge in [-0.25, -0.2) is 0 Å². The highest BCUT2D eigenvalue weighted by Crippen LogP contribution is 2.39. The van der Waals surface area contributed by atoms with Crippen molar-refractivity contribution in [3.8, 4) is 50.2 Å². The van der Waals surface area contributed by atoms with Crippen molar-refractivity contribution in [2.75, 3.05) is 4.90 Å². The molecule has 0 aliphatic carbocycles. The Balaban J connectivity index is 1.00. The average molecular weight is 715 g/mol. The Bertz CT molecular complexity index is 2930. The van der Waals surface area contributed by atoms with E-state index in [-0.39, 0.29) is 0 Å². The first kappa shape index (κ1) is 33.2. The number of hydrogen-bond acceptors (Lipinski definition) is 1. The molecule has 0 spiro atoms. The summed E-state index contributed by atoms with van der Waals surface area (Å²) >= 11 is 0. The number of aromatic nitrogens is 1. The lowest BCUT2D eigenvalue weighted by atomic mass is 9.97. The van der Waals surface area contributed by atoms with Crippen LogP contribution >= 0.6 is 0 Å². The van der Waals surface area contributed by atoms with Gasteiger partial charge in [0.1, 0.15) is 0 Å². The minimum Gasteiger partial charge on any atom is -0.310 e. The molecule has 0 bridgehead atoms. The van der Waals surface area contributed by atoms with Crippen molar-refractivity contribution in [2.24, 2.45) is 0 Å². The summed E-state index contributed by atoms with van der Waals surface area (Å²) in [6.45, 7) is 0. The summed E-state index contributed by atoms with van der Waals surface area (Å²) in [6, 6.07) is 83.0. The molecule has 56 heavy (non-hydrogen) atoms. The molecule has 0 atom stereocenters. The Hall–Kier alpha value is -7.42. The average Bonchev–Trinajstić information content (AvgIpc) is 3.62. The minimum atomic E-state index is 1.11. The highest BCUT2D eigenvalue weighted by molar-refractivity contribution is 6.10. The summed E-state index contributed by atoms with van der Waals surface area (Å²) in [5.74, 6) is 0. The maximum absolute atomic E-state index is 2.39. The van der Waals surface area contributed by atoms with Crippen LogP contribution in [0.1, 0.15) is 0 Å². The third-order valence-corrected chi connectivity index (χ3v) is 10.8. The highest BCUT2D eigenvalue weighted by atomic mass is 15.1. The molecule has 0 aliphatic heterocycles. The molecule has 0 fully saturated rings. The van der Waals surface area contributed by atoms with E-state index in [1.54, 1.807) is 0 Å². The number of benzene rings is 9. The standard InChI is InChI=1S/C54H38N2/c1-4-14-39(15-5-1)41-26-31-48(32-27-41)55(47-21-8-3-9-22-47)50-23-13-20-45(37-50)43-18-12-19-44(36-43)46-30-35-54-52(38-46)51-24-10-11-25-53(51)56(54)49-33-28-42(29-34-49)40-16-6-2-7-17-40/h1-38H. The van der Waals surface area contributed by atoms with E-state index in [1.807, 2.05) is 0 Å². The van der Waals surface area contributed by atoms with E-state index < -0.39 is 0 Å². The Labute approximate surface area is 327 Å². The Morgan fingerprint density at radius 2 is 0.679 bits per heavy atom. The van der Waals surface area contributed by atoms with E-state index in [0.717, 1.165) is 22.7 Å². The van der Waals surface area contributed by atoms with Crippen molar-refractivity contribution < 1.29 is 0 Å². The van der Waals surface area contributed by atoms with Gasteiger partial charge >= 0.3 is 0 Å². The normalized spacial score (nSPS) is 11.2. The Kier molecular flexibility index (Phi) is 8.55. The predicted molar refractivity (Wildman–Crippen MR) is 237 cm³/mol. The summed E-state index contributed by atoms with van der Waals surface area (Å²) in [4.78, 5) is 2.33. The second kappa shape index (κ2) is 14.4. The summed E-state index contributed by atoms with van der Waals surface area (Å²) < 4.78 is 2.39. The maximum atomic E-state index is 2.39. The molecule has 0 saturated heterocycles. The zero-order valence-electron chi connectivity index (χ0n) is 30.8. The third-order valence-electron chi connectivity index (χ3n) is 10.8. The van der Waals surface area contributed by atoms with Crippen molar-refractivity contribution in [2.45, 2.75) is 0 Å². The summed E-state index contributed by atoms with van der Waals surface area (Å²) in [7, 11) is 0. The van der Waals surface area contributed by atoms with Gasteiger partial charge in [0.15, 0.2) is 0 Å². The van der Waals surface area contributed by atoms with Gasteiger partial charge in [0.2, 0.25) is 0 Å². The van der Waals surface area contributed by atoms with Crippen LogP contribution in [0.5, 0.6) is 0 Å². The SMILES string of the molecule is c1ccc(-c2ccc(N(c3ccccc3)c3cccc(-c4cccc(-c5ccc6c(c5)c5ccccc5n6-c5ccc(-c6ccccc6)cc5)c4)c3)cc2)cc1. The summed E-state index contributed by atoms with van der Waals surface area (Å²) in [5.41, 5.74) is 16.5. The number of rotatable bonds is 8. The lowest BCUT2D eigenvalue weighted by Crippen LogP contribution is -2.09. The monoisotopic (exact) mass is 714 g/mol. The molecule has 0 N–H and O–H groups in total. The third kappa shape index (κ3) is 6.24. The van der Waals surface area contributed by atoms with Gasteiger partial charge in [-0.05, 0) is 117 Å². The van der Waals surface area contributed by atoms with Crippen molar-refractivity contribution in [1.29, 1.82) is 0 Å². The summed E-state index contributed by atoms with van der Waals surface area (Å²) in [6.07, 6.45) is 0. The van der Waals surface area contributed by atoms with Gasteiger partial charge in [-0.1, -0.05) is 158 Å². The quantitative estimate of drug-likeness (QED) is 0.152. The van der Waals surface area contributed by atoms with Crippen LogP contribution in [0.4, 0.5) is 17.1 Å². The van der Waals surface area contributed by atoms with Crippen LogP contribution in [-0.2, 0) is 0 Å². The van der Waals surface area contributed by atoms with E-state index >= 15 is 0 Å². The molecule has 0 unspecified atom stereocenters. The lowest BCUT2D eigenvalue weighted by molar-refractivity contribution is 1.18. The van der Waals surface area contributed by atoms with E-state index in [0.29, 0.717) is 0 Å². The van der Waals surface area contributed by atoms with E-state index in [1.165, 1.54) is 66.3 Å². The Morgan fingerprint density at radius 1 is 0.250 bits per heavy atom. The molecule has 264 valence electrons. The molecule has 2 nitrogen and oxygen atoms in total. The van der Waals surface area contributed by atoms with Gasteiger partial charge in [0, 0.05) is 33.5 Å². The molecule has 9 aromatic carbocycles. The largest absolute Gasteiger partial charge is 0.310 e. The second-order valence-electron chi connectivity index (χ2n) is 14.2. The fourth-order valence-corrected chi connectivity index (χ4v) is 8.02. The van der Waals surface area contributed by atoms with Crippen molar-refractivity contribution in [3.05, 3.63) is 231 Å². The van der Waals surface area contributed by atoms with E-state index in [2.05, 4.69) is 240 Å². The van der Waals surface area contributed by atoms with Gasteiger partial charge in [0.25, 0.3) is 0 Å². The maximum Gasteiger partial charge on any atom is 0.0541 e. The molecule has 2 heteroatoms. The first-order valence-corrected chi connectivity index (χ1v) is 19.2. The van der Waals surface area contributed by atoms with Crippen LogP contribution in [0.25, 0.3) is 72.0 Å². The fraction of sp³-hybridized carbons (Fsp3) is 0. The van der Waals surface area contributed by atoms with Gasteiger partial charge in [-0.15, -0.1) is 0 Å². The van der Waals surface area contributed by atoms with Crippen LogP contribution < -0.4 is 4.90 Å². The van der Waals surface area contributed by atoms with E-state index in [9.17, 15) is 0 Å². The number of para-hydroxylation sites is 2. The molecule has 0 amide bonds. The van der Waals surface area contributed by atoms with Crippen molar-refractivity contribution in [3.63, 3.8) is 0 Å². The summed E-state index contributed by atoms with van der Waals surface area (Å²) in [5, 5.41) is 2.49. The number of fused-ring (bicyclic) bond motifs is 3. The molecule has 0 saturated carbocycles. The smallest absolute Gasteiger partial charge is 0.0541 e. The number of hydrogen-bond donors (Lipinski definition) is 0. The highest BCUT2D eigenvalue weighted by Gasteiger charge is 2.16. The van der Waals surface area contributed by atoms with E-state index in [4.69, 9.17) is 0 Å². The number of anilines is 3. The van der Waals surface area contributed by atoms with Crippen molar-refractivity contribution in [1.82, 2.24) is 4.57 Å². The van der Waals surface area contributed by atoms with Crippen LogP contribution in [0, 0.1) is 0 Å². The van der Waals surface area contributed by atoms with Gasteiger partial charge < -0.3 is 9.47 Å². The molecule has 1 aromatic heterocycles. The molecular weight excluding hydrogens is 677 g/mol. The first-order valence-electron chi connectivity index (χ1n) is 19.2. The van der Waals surface area contributed by atoms with Crippen LogP contribution in [0.3, 0.4) is 0 Å². The van der Waals surface area contributed by atoms with Crippen LogP contribution in [0.15, 0.2) is 231 Å². The topological polar surface area (TPSA) is 8.17 Å². The fourth-order valence-electron chi connectivity index (χ4n) is 8.02. The van der Waals surface area contributed by atoms with Gasteiger partial charge in [0.05, 0.1) is 11.0 Å². The molecule has 0 radical (unpaired) electrons. The van der Waals surface area contributed by atoms with Gasteiger partial charge in [-0.3, -0.25) is 0 Å². The Morgan fingerprint density at radius 3 is 1.34 bits per heavy atom. The second-order valence-corrected chi connectivity index (χ2v) is 14.2. The molecule has 10 aromatic rings. The van der Waals surface area contributed by atoms with Crippen LogP contribution in [0.2, 0.25) is 0 Å². The van der Waals surface area contributed by atoms with Crippen LogP contribution in [-0.4, -0.2) is 4.57 Å². The van der Waals surface area contributed by atoms with Gasteiger partial charge in [-0.2, -0.15) is 0 Å². The first-order chi connectivity index (χ1) is 27.8. The predicted octanol–water partition coefficient (Wildman–Crippen LogP) is 14.9. The lowest BCUT2D eigenvalue weighted by Gasteiger charge is -2.26. The zero-order chi connectivity index (χ0) is 37.3. The molecule has 1 heterocycles. The molecular formula is C54H38N2. The number of nitrogens with zero attached hydrogens (tertiary/aromatic N) is 2. The molecule has 10 rings (SSSR count).